The van der Waals surface area contributed by atoms with Crippen LogP contribution in [-0.2, 0) is 6.42 Å². The maximum atomic E-state index is 12.6. The van der Waals surface area contributed by atoms with Crippen molar-refractivity contribution in [2.24, 2.45) is 5.92 Å². The third-order valence-corrected chi connectivity index (χ3v) is 5.84. The molecule has 4 heteroatoms. The molecule has 0 amide bonds. The molecule has 1 aromatic heterocycles. The molecule has 0 saturated heterocycles. The zero-order valence-corrected chi connectivity index (χ0v) is 18.8. The Bertz CT molecular complexity index is 884. The molecule has 0 saturated carbocycles. The van der Waals surface area contributed by atoms with Gasteiger partial charge in [0.2, 0.25) is 0 Å². The van der Waals surface area contributed by atoms with E-state index >= 15 is 0 Å². The third kappa shape index (κ3) is 7.50. The molecule has 1 unspecified atom stereocenters. The predicted octanol–water partition coefficient (Wildman–Crippen LogP) is 7.48. The van der Waals surface area contributed by atoms with Gasteiger partial charge in [-0.3, -0.25) is 4.79 Å². The second-order valence-corrected chi connectivity index (χ2v) is 8.42. The molecule has 1 atom stereocenters. The molecule has 0 aliphatic rings. The zero-order chi connectivity index (χ0) is 21.1. The smallest absolute Gasteiger partial charge is 0.192 e. The van der Waals surface area contributed by atoms with Gasteiger partial charge < -0.3 is 4.98 Å². The van der Waals surface area contributed by atoms with Gasteiger partial charge in [0.1, 0.15) is 0 Å². The molecule has 2 aromatic rings. The Morgan fingerprint density at radius 1 is 1.24 bits per heavy atom. The van der Waals surface area contributed by atoms with Crippen LogP contribution in [-0.4, -0.2) is 10.7 Å². The third-order valence-electron chi connectivity index (χ3n) is 5.40. The molecule has 0 aliphatic heterocycles. The van der Waals surface area contributed by atoms with E-state index in [0.29, 0.717) is 23.8 Å². The minimum atomic E-state index is 0.130. The van der Waals surface area contributed by atoms with Crippen LogP contribution in [0.25, 0.3) is 10.9 Å². The molecule has 1 heterocycles. The quantitative estimate of drug-likeness (QED) is 0.288. The summed E-state index contributed by atoms with van der Waals surface area (Å²) >= 11 is 0.442. The van der Waals surface area contributed by atoms with Crippen LogP contribution in [0, 0.1) is 12.8 Å². The number of unbranched alkanes of at least 4 members (excludes halogenated alkanes) is 2. The van der Waals surface area contributed by atoms with Crippen molar-refractivity contribution in [2.75, 3.05) is 5.75 Å². The van der Waals surface area contributed by atoms with Gasteiger partial charge in [0.25, 0.3) is 0 Å². The summed E-state index contributed by atoms with van der Waals surface area (Å²) in [6, 6.07) is 7.72. The number of pyridine rings is 1. The van der Waals surface area contributed by atoms with Crippen LogP contribution in [0.3, 0.4) is 0 Å². The molecular formula is C25H34FNOS. The molecule has 1 N–H and O–H groups in total. The van der Waals surface area contributed by atoms with Crippen molar-refractivity contribution in [3.63, 3.8) is 0 Å². The second kappa shape index (κ2) is 12.7. The topological polar surface area (TPSA) is 32.9 Å². The highest BCUT2D eigenvalue weighted by Gasteiger charge is 2.08. The van der Waals surface area contributed by atoms with Crippen LogP contribution in [0.5, 0.6) is 0 Å². The first-order valence-corrected chi connectivity index (χ1v) is 11.7. The second-order valence-electron chi connectivity index (χ2n) is 7.79. The van der Waals surface area contributed by atoms with Crippen LogP contribution in [0.4, 0.5) is 3.89 Å². The average molecular weight is 416 g/mol. The molecular weight excluding hydrogens is 381 g/mol. The van der Waals surface area contributed by atoms with Crippen molar-refractivity contribution in [1.82, 2.24) is 4.98 Å². The fraction of sp³-hybridized carbons (Fsp3) is 0.480. The molecule has 29 heavy (non-hydrogen) atoms. The predicted molar refractivity (Wildman–Crippen MR) is 126 cm³/mol. The van der Waals surface area contributed by atoms with Crippen molar-refractivity contribution in [3.05, 3.63) is 69.5 Å². The maximum Gasteiger partial charge on any atom is 0.192 e. The van der Waals surface area contributed by atoms with Gasteiger partial charge in [-0.2, -0.15) is 3.89 Å². The SMILES string of the molecule is CC/C=C(\C=C/C(C)CCCCCSF)CCc1[nH]c2ccccc2c(=O)c1C. The van der Waals surface area contributed by atoms with Gasteiger partial charge in [-0.15, -0.1) is 0 Å². The number of H-pyrrole nitrogens is 1. The number of halogens is 1. The summed E-state index contributed by atoms with van der Waals surface area (Å²) in [6.07, 6.45) is 13.9. The summed E-state index contributed by atoms with van der Waals surface area (Å²) in [4.78, 5) is 16.1. The Morgan fingerprint density at radius 3 is 2.79 bits per heavy atom. The highest BCUT2D eigenvalue weighted by atomic mass is 32.2. The van der Waals surface area contributed by atoms with Crippen molar-refractivity contribution in [3.8, 4) is 0 Å². The average Bonchev–Trinajstić information content (AvgIpc) is 2.73. The molecule has 0 radical (unpaired) electrons. The van der Waals surface area contributed by atoms with E-state index in [1.54, 1.807) is 0 Å². The van der Waals surface area contributed by atoms with Crippen molar-refractivity contribution < 1.29 is 3.89 Å². The Balaban J connectivity index is 1.97. The summed E-state index contributed by atoms with van der Waals surface area (Å²) in [5, 5.41) is 0.761. The molecule has 1 aromatic carbocycles. The number of hydrogen-bond donors (Lipinski definition) is 1. The van der Waals surface area contributed by atoms with Gasteiger partial charge in [-0.25, -0.2) is 0 Å². The zero-order valence-electron chi connectivity index (χ0n) is 18.0. The lowest BCUT2D eigenvalue weighted by Crippen LogP contribution is -2.11. The molecule has 0 aliphatic carbocycles. The van der Waals surface area contributed by atoms with E-state index in [2.05, 4.69) is 37.1 Å². The van der Waals surface area contributed by atoms with Crippen LogP contribution < -0.4 is 5.43 Å². The Labute approximate surface area is 179 Å². The number of allylic oxidation sites excluding steroid dienone is 4. The summed E-state index contributed by atoms with van der Waals surface area (Å²) in [5.41, 5.74) is 4.22. The minimum Gasteiger partial charge on any atom is -0.358 e. The Kier molecular flexibility index (Phi) is 10.3. The van der Waals surface area contributed by atoms with Gasteiger partial charge >= 0.3 is 0 Å². The Hall–Kier alpha value is -1.81. The van der Waals surface area contributed by atoms with Crippen molar-refractivity contribution in [2.45, 2.75) is 65.7 Å². The van der Waals surface area contributed by atoms with Gasteiger partial charge in [0, 0.05) is 40.1 Å². The summed E-state index contributed by atoms with van der Waals surface area (Å²) in [5.74, 6) is 1.14. The summed E-state index contributed by atoms with van der Waals surface area (Å²) in [6.45, 7) is 6.32. The largest absolute Gasteiger partial charge is 0.358 e. The normalized spacial score (nSPS) is 13.4. The number of hydrogen-bond acceptors (Lipinski definition) is 2. The first-order chi connectivity index (χ1) is 14.1. The molecule has 0 bridgehead atoms. The van der Waals surface area contributed by atoms with E-state index in [1.807, 2.05) is 31.2 Å². The van der Waals surface area contributed by atoms with Crippen molar-refractivity contribution in [1.29, 1.82) is 0 Å². The molecule has 2 nitrogen and oxygen atoms in total. The van der Waals surface area contributed by atoms with Gasteiger partial charge in [0.15, 0.2) is 5.43 Å². The minimum absolute atomic E-state index is 0.130. The number of fused-ring (bicyclic) bond motifs is 1. The lowest BCUT2D eigenvalue weighted by atomic mass is 9.99. The van der Waals surface area contributed by atoms with E-state index < -0.39 is 0 Å². The highest BCUT2D eigenvalue weighted by molar-refractivity contribution is 7.94. The standard InChI is InChI=1S/C25H34FNOS/c1-4-10-21(15-14-19(2)11-6-5-9-18-29-26)16-17-23-20(3)25(28)22-12-7-8-13-24(22)27-23/h7-8,10,12-15,19H,4-6,9,11,16-18H2,1-3H3,(H,27,28)/b15-14-,21-10+. The number of aromatic nitrogens is 1. The van der Waals surface area contributed by atoms with Crippen LogP contribution in [0.15, 0.2) is 52.9 Å². The van der Waals surface area contributed by atoms with Crippen molar-refractivity contribution >= 4 is 23.1 Å². The summed E-state index contributed by atoms with van der Waals surface area (Å²) in [7, 11) is 0. The maximum absolute atomic E-state index is 12.6. The number of rotatable bonds is 12. The van der Waals surface area contributed by atoms with E-state index in [4.69, 9.17) is 0 Å². The molecule has 0 fully saturated rings. The van der Waals surface area contributed by atoms with E-state index in [1.165, 1.54) is 5.57 Å². The molecule has 158 valence electrons. The number of nitrogens with one attached hydrogen (secondary N) is 1. The number of aryl methyl sites for hydroxylation is 1. The van der Waals surface area contributed by atoms with Crippen LogP contribution in [0.2, 0.25) is 0 Å². The fourth-order valence-corrected chi connectivity index (χ4v) is 3.92. The van der Waals surface area contributed by atoms with E-state index in [-0.39, 0.29) is 5.43 Å². The molecule has 0 spiro atoms. The first-order valence-electron chi connectivity index (χ1n) is 10.8. The Morgan fingerprint density at radius 2 is 2.03 bits per heavy atom. The fourth-order valence-electron chi connectivity index (χ4n) is 3.60. The highest BCUT2D eigenvalue weighted by Crippen LogP contribution is 2.18. The van der Waals surface area contributed by atoms with Gasteiger partial charge in [-0.05, 0) is 57.1 Å². The van der Waals surface area contributed by atoms with Crippen LogP contribution >= 0.6 is 12.1 Å². The number of aromatic amines is 1. The van der Waals surface area contributed by atoms with Gasteiger partial charge in [-0.1, -0.05) is 62.6 Å². The van der Waals surface area contributed by atoms with E-state index in [0.717, 1.165) is 67.1 Å². The lowest BCUT2D eigenvalue weighted by molar-refractivity contribution is 0.576. The number of benzene rings is 1. The monoisotopic (exact) mass is 415 g/mol. The first kappa shape index (κ1) is 23.5. The van der Waals surface area contributed by atoms with Gasteiger partial charge in [0.05, 0.1) is 0 Å². The van der Waals surface area contributed by atoms with E-state index in [9.17, 15) is 8.68 Å². The molecule has 2 rings (SSSR count). The number of para-hydroxylation sites is 1. The lowest BCUT2D eigenvalue weighted by Gasteiger charge is -2.10. The van der Waals surface area contributed by atoms with Crippen LogP contribution in [0.1, 0.15) is 63.6 Å². The summed E-state index contributed by atoms with van der Waals surface area (Å²) < 4.78 is 12.1.